The number of hydrogen-bond acceptors (Lipinski definition) is 4. The van der Waals surface area contributed by atoms with Crippen LogP contribution in [-0.2, 0) is 6.54 Å². The number of pyridine rings is 1. The van der Waals surface area contributed by atoms with E-state index in [2.05, 4.69) is 15.3 Å². The lowest BCUT2D eigenvalue weighted by Gasteiger charge is -2.19. The first kappa shape index (κ1) is 12.7. The lowest BCUT2D eigenvalue weighted by molar-refractivity contribution is 0.921. The first-order valence-electron chi connectivity index (χ1n) is 5.57. The highest BCUT2D eigenvalue weighted by Gasteiger charge is 2.04. The molecule has 0 aliphatic heterocycles. The first-order valence-corrected chi connectivity index (χ1v) is 5.95. The fourth-order valence-electron chi connectivity index (χ4n) is 1.74. The number of nitrogens with two attached hydrogens (primary N) is 1. The summed E-state index contributed by atoms with van der Waals surface area (Å²) in [6.07, 6.45) is 1.72. The molecule has 0 aliphatic carbocycles. The van der Waals surface area contributed by atoms with Gasteiger partial charge in [0.15, 0.2) is 0 Å². The van der Waals surface area contributed by atoms with Crippen LogP contribution >= 0.6 is 11.6 Å². The summed E-state index contributed by atoms with van der Waals surface area (Å²) in [5.41, 5.74) is 4.73. The average Bonchev–Trinajstić information content (AvgIpc) is 2.39. The van der Waals surface area contributed by atoms with E-state index >= 15 is 0 Å². The number of anilines is 2. The summed E-state index contributed by atoms with van der Waals surface area (Å²) >= 11 is 5.97. The van der Waals surface area contributed by atoms with E-state index in [9.17, 15) is 0 Å². The van der Waals surface area contributed by atoms with Gasteiger partial charge >= 0.3 is 0 Å². The normalized spacial score (nSPS) is 10.2. The largest absolute Gasteiger partial charge is 0.370 e. The molecule has 18 heavy (non-hydrogen) atoms. The Morgan fingerprint density at radius 3 is 2.89 bits per heavy atom. The number of nitrogens with zero attached hydrogens (tertiary/aromatic N) is 2. The predicted octanol–water partition coefficient (Wildman–Crippen LogP) is 2.66. The van der Waals surface area contributed by atoms with Crippen molar-refractivity contribution in [3.05, 3.63) is 53.2 Å². The van der Waals surface area contributed by atoms with Crippen LogP contribution in [0.4, 0.5) is 11.5 Å². The second-order valence-electron chi connectivity index (χ2n) is 4.03. The molecule has 0 aliphatic rings. The zero-order valence-electron chi connectivity index (χ0n) is 10.1. The number of hydrogen-bond donors (Lipinski definition) is 2. The maximum atomic E-state index is 5.97. The lowest BCUT2D eigenvalue weighted by Crippen LogP contribution is -2.17. The number of benzene rings is 1. The molecule has 4 nitrogen and oxygen atoms in total. The fraction of sp³-hybridized carbons (Fsp3) is 0.154. The van der Waals surface area contributed by atoms with Crippen molar-refractivity contribution in [3.63, 3.8) is 0 Å². The van der Waals surface area contributed by atoms with E-state index in [0.717, 1.165) is 22.8 Å². The molecule has 3 N–H and O–H groups in total. The van der Waals surface area contributed by atoms with Crippen molar-refractivity contribution in [2.24, 2.45) is 5.84 Å². The Balaban J connectivity index is 2.13. The molecule has 0 radical (unpaired) electrons. The molecule has 0 spiro atoms. The smallest absolute Gasteiger partial charge is 0.141 e. The molecule has 2 rings (SSSR count). The third kappa shape index (κ3) is 3.12. The van der Waals surface area contributed by atoms with Gasteiger partial charge in [-0.15, -0.1) is 0 Å². The van der Waals surface area contributed by atoms with Crippen molar-refractivity contribution in [2.45, 2.75) is 6.54 Å². The monoisotopic (exact) mass is 262 g/mol. The van der Waals surface area contributed by atoms with Crippen molar-refractivity contribution in [3.8, 4) is 0 Å². The zero-order chi connectivity index (χ0) is 13.0. The quantitative estimate of drug-likeness (QED) is 0.657. The van der Waals surface area contributed by atoms with Crippen LogP contribution in [0.1, 0.15) is 5.56 Å². The minimum atomic E-state index is 0.644. The van der Waals surface area contributed by atoms with E-state index in [-0.39, 0.29) is 0 Å². The average molecular weight is 263 g/mol. The minimum absolute atomic E-state index is 0.644. The van der Waals surface area contributed by atoms with E-state index in [1.165, 1.54) is 0 Å². The van der Waals surface area contributed by atoms with Crippen LogP contribution in [0.5, 0.6) is 0 Å². The van der Waals surface area contributed by atoms with E-state index < -0.39 is 0 Å². The van der Waals surface area contributed by atoms with Crippen molar-refractivity contribution in [2.75, 3.05) is 17.4 Å². The van der Waals surface area contributed by atoms with E-state index in [0.29, 0.717) is 5.82 Å². The van der Waals surface area contributed by atoms with Gasteiger partial charge in [0.25, 0.3) is 0 Å². The Bertz CT molecular complexity index is 530. The predicted molar refractivity (Wildman–Crippen MR) is 75.6 cm³/mol. The van der Waals surface area contributed by atoms with Crippen LogP contribution in [0.3, 0.4) is 0 Å². The SMILES string of the molecule is CN(Cc1cccc(Cl)c1)c1ccnc(NN)c1. The molecule has 1 aromatic carbocycles. The van der Waals surface area contributed by atoms with E-state index in [1.54, 1.807) is 6.20 Å². The molecule has 0 saturated heterocycles. The van der Waals surface area contributed by atoms with Gasteiger partial charge in [0.1, 0.15) is 5.82 Å². The van der Waals surface area contributed by atoms with Crippen LogP contribution in [0.15, 0.2) is 42.6 Å². The molecule has 0 amide bonds. The van der Waals surface area contributed by atoms with Crippen molar-refractivity contribution in [1.29, 1.82) is 0 Å². The maximum absolute atomic E-state index is 5.97. The fourth-order valence-corrected chi connectivity index (χ4v) is 1.95. The highest BCUT2D eigenvalue weighted by molar-refractivity contribution is 6.30. The molecule has 1 aromatic heterocycles. The van der Waals surface area contributed by atoms with Gasteiger partial charge in [0.2, 0.25) is 0 Å². The molecule has 1 heterocycles. The Labute approximate surface area is 111 Å². The molecule has 0 saturated carbocycles. The number of nitrogen functional groups attached to an aromatic ring is 1. The number of hydrazine groups is 1. The number of rotatable bonds is 4. The Morgan fingerprint density at radius 1 is 1.33 bits per heavy atom. The minimum Gasteiger partial charge on any atom is -0.370 e. The molecular formula is C13H15ClN4. The summed E-state index contributed by atoms with van der Waals surface area (Å²) in [6, 6.07) is 11.7. The van der Waals surface area contributed by atoms with Gasteiger partial charge in [-0.25, -0.2) is 10.8 Å². The van der Waals surface area contributed by atoms with Crippen LogP contribution in [0.2, 0.25) is 5.02 Å². The van der Waals surface area contributed by atoms with Gasteiger partial charge in [-0.1, -0.05) is 23.7 Å². The van der Waals surface area contributed by atoms with Crippen LogP contribution < -0.4 is 16.2 Å². The zero-order valence-corrected chi connectivity index (χ0v) is 10.9. The number of aromatic nitrogens is 1. The maximum Gasteiger partial charge on any atom is 0.141 e. The summed E-state index contributed by atoms with van der Waals surface area (Å²) in [5.74, 6) is 5.99. The third-order valence-electron chi connectivity index (χ3n) is 2.64. The molecular weight excluding hydrogens is 248 g/mol. The summed E-state index contributed by atoms with van der Waals surface area (Å²) in [5, 5.41) is 0.750. The topological polar surface area (TPSA) is 54.2 Å². The Kier molecular flexibility index (Phi) is 4.02. The van der Waals surface area contributed by atoms with Crippen molar-refractivity contribution >= 4 is 23.1 Å². The second kappa shape index (κ2) is 5.71. The van der Waals surface area contributed by atoms with Crippen LogP contribution in [0.25, 0.3) is 0 Å². The summed E-state index contributed by atoms with van der Waals surface area (Å²) in [6.45, 7) is 0.772. The van der Waals surface area contributed by atoms with Crippen molar-refractivity contribution < 1.29 is 0 Å². The molecule has 0 atom stereocenters. The standard InChI is InChI=1S/C13H15ClN4/c1-18(9-10-3-2-4-11(14)7-10)12-5-6-16-13(8-12)17-15/h2-8H,9,15H2,1H3,(H,16,17). The summed E-state index contributed by atoms with van der Waals surface area (Å²) in [4.78, 5) is 6.18. The number of halogens is 1. The lowest BCUT2D eigenvalue weighted by atomic mass is 10.2. The first-order chi connectivity index (χ1) is 8.69. The van der Waals surface area contributed by atoms with Gasteiger partial charge in [-0.3, -0.25) is 0 Å². The van der Waals surface area contributed by atoms with Gasteiger partial charge < -0.3 is 10.3 Å². The molecule has 2 aromatic rings. The highest BCUT2D eigenvalue weighted by Crippen LogP contribution is 2.19. The van der Waals surface area contributed by atoms with Gasteiger partial charge in [0.05, 0.1) is 0 Å². The Morgan fingerprint density at radius 2 is 2.17 bits per heavy atom. The molecule has 0 bridgehead atoms. The molecule has 5 heteroatoms. The van der Waals surface area contributed by atoms with Crippen LogP contribution in [0, 0.1) is 0 Å². The Hall–Kier alpha value is -1.78. The second-order valence-corrected chi connectivity index (χ2v) is 4.47. The van der Waals surface area contributed by atoms with Gasteiger partial charge in [-0.2, -0.15) is 0 Å². The third-order valence-corrected chi connectivity index (χ3v) is 2.88. The molecule has 0 fully saturated rings. The van der Waals surface area contributed by atoms with Crippen molar-refractivity contribution in [1.82, 2.24) is 4.98 Å². The van der Waals surface area contributed by atoms with Gasteiger partial charge in [-0.05, 0) is 23.8 Å². The molecule has 94 valence electrons. The molecule has 0 unspecified atom stereocenters. The summed E-state index contributed by atoms with van der Waals surface area (Å²) in [7, 11) is 2.01. The van der Waals surface area contributed by atoms with Crippen LogP contribution in [-0.4, -0.2) is 12.0 Å². The highest BCUT2D eigenvalue weighted by atomic mass is 35.5. The van der Waals surface area contributed by atoms with E-state index in [1.807, 2.05) is 43.4 Å². The summed E-state index contributed by atoms with van der Waals surface area (Å²) < 4.78 is 0. The van der Waals surface area contributed by atoms with E-state index in [4.69, 9.17) is 17.4 Å². The van der Waals surface area contributed by atoms with Gasteiger partial charge in [0, 0.05) is 36.6 Å². The number of nitrogens with one attached hydrogen (secondary N) is 1.